The standard InChI is InChI=1S/C57H66N12O6S2/c1-32-45(49(66-56(73)22-20-37(30-70)47(56)72)64-53(60-32)58-28-35-12-10-14-39(24-35)68(4)5)52-63-42-26-34(18-19-44(42)77-52)27-55(3)74-48-38(31-71)21-23-57(48,75-55)67-50-46(51-62-41-16-8-9-17-43(41)76-51)33(2)61-54(65-50)59-29-36-13-11-15-40(25-36)69(6)7/h8-19,24-26,37-38,47-48,70-73H,20-23,27-31H2,1-7H3,(H2,58,60,64,66)(H2,59,61,65,67). The zero-order valence-corrected chi connectivity index (χ0v) is 46.0. The van der Waals surface area contributed by atoms with Gasteiger partial charge in [0.05, 0.1) is 42.9 Å². The summed E-state index contributed by atoms with van der Waals surface area (Å²) < 4.78 is 16.2. The Morgan fingerprint density at radius 3 is 1.79 bits per heavy atom. The number of nitrogens with one attached hydrogen (secondary N) is 4. The predicted octanol–water partition coefficient (Wildman–Crippen LogP) is 8.54. The first kappa shape index (κ1) is 52.4. The molecule has 4 aromatic carbocycles. The minimum Gasteiger partial charge on any atom is -0.396 e. The highest BCUT2D eigenvalue weighted by molar-refractivity contribution is 7.22. The molecule has 0 spiro atoms. The Morgan fingerprint density at radius 2 is 1.21 bits per heavy atom. The number of aromatic nitrogens is 6. The van der Waals surface area contributed by atoms with Gasteiger partial charge in [-0.3, -0.25) is 0 Å². The highest BCUT2D eigenvalue weighted by atomic mass is 32.1. The number of aliphatic hydroxyl groups is 4. The Bertz CT molecular complexity index is 3430. The van der Waals surface area contributed by atoms with Crippen LogP contribution in [-0.2, 0) is 29.0 Å². The van der Waals surface area contributed by atoms with Crippen molar-refractivity contribution in [3.63, 3.8) is 0 Å². The number of aryl methyl sites for hydroxylation is 2. The highest BCUT2D eigenvalue weighted by Gasteiger charge is 2.61. The number of hydrogen-bond donors (Lipinski definition) is 8. The lowest BCUT2D eigenvalue weighted by molar-refractivity contribution is -0.180. The molecule has 0 amide bonds. The van der Waals surface area contributed by atoms with Gasteiger partial charge in [0.1, 0.15) is 33.9 Å². The molecule has 8 N–H and O–H groups in total. The van der Waals surface area contributed by atoms with E-state index < -0.39 is 35.4 Å². The lowest BCUT2D eigenvalue weighted by Crippen LogP contribution is -2.48. The summed E-state index contributed by atoms with van der Waals surface area (Å²) in [7, 11) is 8.04. The van der Waals surface area contributed by atoms with Gasteiger partial charge in [-0.2, -0.15) is 9.97 Å². The number of ether oxygens (including phenoxy) is 2. The number of rotatable bonds is 18. The van der Waals surface area contributed by atoms with Crippen molar-refractivity contribution in [1.29, 1.82) is 0 Å². The van der Waals surface area contributed by atoms with Crippen LogP contribution in [0.5, 0.6) is 0 Å². The quantitative estimate of drug-likeness (QED) is 0.0376. The summed E-state index contributed by atoms with van der Waals surface area (Å²) in [5, 5.41) is 59.1. The van der Waals surface area contributed by atoms with Gasteiger partial charge in [0.25, 0.3) is 0 Å². The zero-order chi connectivity index (χ0) is 53.8. The maximum Gasteiger partial charge on any atom is 0.225 e. The first-order chi connectivity index (χ1) is 37.0. The van der Waals surface area contributed by atoms with E-state index in [4.69, 9.17) is 39.4 Å². The normalized spacial score (nSPS) is 23.9. The van der Waals surface area contributed by atoms with E-state index in [1.807, 2.05) is 108 Å². The van der Waals surface area contributed by atoms with Gasteiger partial charge in [-0.15, -0.1) is 22.7 Å². The van der Waals surface area contributed by atoms with Crippen LogP contribution in [0.15, 0.2) is 91.0 Å². The summed E-state index contributed by atoms with van der Waals surface area (Å²) in [6, 6.07) is 30.7. The largest absolute Gasteiger partial charge is 0.396 e. The monoisotopic (exact) mass is 1080 g/mol. The van der Waals surface area contributed by atoms with E-state index >= 15 is 0 Å². The molecule has 4 aromatic heterocycles. The molecule has 1 aliphatic heterocycles. The molecule has 402 valence electrons. The summed E-state index contributed by atoms with van der Waals surface area (Å²) in [6.07, 6.45) is 0.474. The smallest absolute Gasteiger partial charge is 0.225 e. The summed E-state index contributed by atoms with van der Waals surface area (Å²) >= 11 is 3.05. The molecule has 1 saturated heterocycles. The van der Waals surface area contributed by atoms with E-state index in [9.17, 15) is 20.4 Å². The van der Waals surface area contributed by atoms with E-state index in [1.165, 1.54) is 11.3 Å². The summed E-state index contributed by atoms with van der Waals surface area (Å²) in [6.45, 7) is 6.43. The average Bonchev–Trinajstić information content (AvgIpc) is 4.40. The molecule has 77 heavy (non-hydrogen) atoms. The molecule has 0 bridgehead atoms. The number of anilines is 6. The lowest BCUT2D eigenvalue weighted by atomic mass is 10.0. The molecule has 7 atom stereocenters. The molecule has 7 unspecified atom stereocenters. The topological polar surface area (TPSA) is 231 Å². The number of fused-ring (bicyclic) bond motifs is 3. The van der Waals surface area contributed by atoms with Gasteiger partial charge in [0, 0.05) is 84.1 Å². The van der Waals surface area contributed by atoms with Crippen LogP contribution in [0, 0.1) is 25.7 Å². The summed E-state index contributed by atoms with van der Waals surface area (Å²) in [5.74, 6) is -0.159. The first-order valence-corrected chi connectivity index (χ1v) is 27.7. The maximum atomic E-state index is 11.9. The van der Waals surface area contributed by atoms with Crippen LogP contribution in [0.3, 0.4) is 0 Å². The van der Waals surface area contributed by atoms with E-state index in [2.05, 4.69) is 62.6 Å². The molecule has 18 nitrogen and oxygen atoms in total. The number of nitrogens with zero attached hydrogens (tertiary/aromatic N) is 8. The second kappa shape index (κ2) is 21.0. The van der Waals surface area contributed by atoms with Crippen molar-refractivity contribution in [1.82, 2.24) is 29.9 Å². The van der Waals surface area contributed by atoms with Crippen LogP contribution in [0.1, 0.15) is 60.7 Å². The van der Waals surface area contributed by atoms with Crippen LogP contribution in [0.4, 0.5) is 34.9 Å². The molecule has 20 heteroatoms. The third-order valence-electron chi connectivity index (χ3n) is 15.1. The van der Waals surface area contributed by atoms with Crippen molar-refractivity contribution in [2.24, 2.45) is 11.8 Å². The lowest BCUT2D eigenvalue weighted by Gasteiger charge is -2.32. The Labute approximate surface area is 455 Å². The molecule has 0 radical (unpaired) electrons. The first-order valence-electron chi connectivity index (χ1n) is 26.1. The number of para-hydroxylation sites is 1. The molecule has 3 fully saturated rings. The molecule has 11 rings (SSSR count). The van der Waals surface area contributed by atoms with Gasteiger partial charge in [-0.1, -0.05) is 42.5 Å². The van der Waals surface area contributed by atoms with Gasteiger partial charge >= 0.3 is 0 Å². The van der Waals surface area contributed by atoms with E-state index in [0.717, 1.165) is 64.8 Å². The number of aliphatic hydroxyl groups excluding tert-OH is 3. The molecular weight excluding hydrogens is 1010 g/mol. The maximum absolute atomic E-state index is 11.9. The van der Waals surface area contributed by atoms with Crippen molar-refractivity contribution in [2.75, 3.05) is 72.5 Å². The van der Waals surface area contributed by atoms with E-state index in [0.29, 0.717) is 78.6 Å². The third kappa shape index (κ3) is 10.5. The van der Waals surface area contributed by atoms with E-state index in [-0.39, 0.29) is 25.6 Å². The number of thiazole rings is 2. The van der Waals surface area contributed by atoms with Crippen molar-refractivity contribution in [3.05, 3.63) is 119 Å². The fraction of sp³-hybridized carbons (Fsp3) is 0.404. The zero-order valence-electron chi connectivity index (χ0n) is 44.3. The SMILES string of the molecule is Cc1nc(NCc2cccc(N(C)C)c2)nc(NC2(O)CCC(CO)C2O)c1-c1nc2cc(CC3(C)OC4C(CO)CCC4(Nc4nc(NCc5cccc(N(C)C)c5)nc(C)c4-c4nc5ccccc5s4)O3)ccc2s1. The van der Waals surface area contributed by atoms with Crippen molar-refractivity contribution >= 4 is 78.0 Å². The summed E-state index contributed by atoms with van der Waals surface area (Å²) in [5.41, 5.74) is 6.75. The second-order valence-electron chi connectivity index (χ2n) is 21.3. The third-order valence-corrected chi connectivity index (χ3v) is 17.3. The van der Waals surface area contributed by atoms with Crippen molar-refractivity contribution in [3.8, 4) is 21.1 Å². The van der Waals surface area contributed by atoms with Crippen LogP contribution in [-0.4, -0.2) is 121 Å². The van der Waals surface area contributed by atoms with Gasteiger partial charge in [-0.05, 0) is 112 Å². The van der Waals surface area contributed by atoms with Crippen molar-refractivity contribution < 1.29 is 29.9 Å². The molecule has 8 aromatic rings. The minimum atomic E-state index is -1.75. The Morgan fingerprint density at radius 1 is 0.636 bits per heavy atom. The van der Waals surface area contributed by atoms with Gasteiger partial charge in [0.2, 0.25) is 11.9 Å². The van der Waals surface area contributed by atoms with Gasteiger partial charge in [-0.25, -0.2) is 19.9 Å². The number of benzene rings is 4. The molecular formula is C57H66N12O6S2. The predicted molar refractivity (Wildman–Crippen MR) is 306 cm³/mol. The van der Waals surface area contributed by atoms with Crippen LogP contribution in [0.2, 0.25) is 0 Å². The van der Waals surface area contributed by atoms with Crippen LogP contribution >= 0.6 is 22.7 Å². The van der Waals surface area contributed by atoms with Crippen LogP contribution < -0.4 is 31.1 Å². The van der Waals surface area contributed by atoms with Gasteiger partial charge in [0.15, 0.2) is 17.2 Å². The molecule has 2 saturated carbocycles. The summed E-state index contributed by atoms with van der Waals surface area (Å²) in [4.78, 5) is 34.3. The van der Waals surface area contributed by atoms with E-state index in [1.54, 1.807) is 11.3 Å². The van der Waals surface area contributed by atoms with Crippen LogP contribution in [0.25, 0.3) is 41.6 Å². The molecule has 3 aliphatic rings. The average molecular weight is 1080 g/mol. The fourth-order valence-corrected chi connectivity index (χ4v) is 13.2. The number of hydrogen-bond acceptors (Lipinski definition) is 20. The Hall–Kier alpha value is -6.62. The molecule has 5 heterocycles. The minimum absolute atomic E-state index is 0.0759. The Balaban J connectivity index is 0.891. The Kier molecular flexibility index (Phi) is 14.3. The fourth-order valence-electron chi connectivity index (χ4n) is 11.1. The molecule has 2 aliphatic carbocycles. The second-order valence-corrected chi connectivity index (χ2v) is 23.3. The van der Waals surface area contributed by atoms with Gasteiger partial charge < -0.3 is 61.0 Å². The van der Waals surface area contributed by atoms with Crippen molar-refractivity contribution in [2.45, 2.75) is 95.4 Å². The highest BCUT2D eigenvalue weighted by Crippen LogP contribution is 2.52.